The maximum absolute atomic E-state index is 12.8. The molecule has 24 heavy (non-hydrogen) atoms. The highest BCUT2D eigenvalue weighted by atomic mass is 35.5. The van der Waals surface area contributed by atoms with Crippen LogP contribution < -0.4 is 11.2 Å². The van der Waals surface area contributed by atoms with Crippen LogP contribution in [0.3, 0.4) is 0 Å². The van der Waals surface area contributed by atoms with E-state index < -0.39 is 5.69 Å². The van der Waals surface area contributed by atoms with Crippen molar-refractivity contribution >= 4 is 22.9 Å². The Morgan fingerprint density at radius 1 is 1.29 bits per heavy atom. The maximum atomic E-state index is 12.8. The molecule has 0 unspecified atom stereocenters. The number of aromatic nitrogens is 4. The lowest BCUT2D eigenvalue weighted by Crippen LogP contribution is -2.39. The van der Waals surface area contributed by atoms with E-state index in [-0.39, 0.29) is 11.6 Å². The van der Waals surface area contributed by atoms with E-state index in [1.807, 2.05) is 6.20 Å². The number of thiazole rings is 1. The summed E-state index contributed by atoms with van der Waals surface area (Å²) in [5.41, 5.74) is -0.227. The zero-order chi connectivity index (χ0) is 16.7. The van der Waals surface area contributed by atoms with Crippen molar-refractivity contribution < 1.29 is 0 Å². The Bertz CT molecular complexity index is 971. The molecule has 124 valence electrons. The molecule has 1 aromatic rings. The SMILES string of the molecule is O=c1nc2n(Cc3cnc(Cl)s3)cccc-2c(=O)n1C1CCCC1. The van der Waals surface area contributed by atoms with Crippen molar-refractivity contribution in [2.24, 2.45) is 0 Å². The Balaban J connectivity index is 1.83. The molecule has 0 radical (unpaired) electrons. The largest absolute Gasteiger partial charge is 0.352 e. The first-order valence-corrected chi connectivity index (χ1v) is 9.05. The summed E-state index contributed by atoms with van der Waals surface area (Å²) in [4.78, 5) is 34.4. The van der Waals surface area contributed by atoms with Gasteiger partial charge in [0.2, 0.25) is 0 Å². The number of hydrogen-bond donors (Lipinski definition) is 0. The summed E-state index contributed by atoms with van der Waals surface area (Å²) in [5.74, 6) is 0.409. The third-order valence-electron chi connectivity index (χ3n) is 4.44. The summed E-state index contributed by atoms with van der Waals surface area (Å²) in [5, 5.41) is 0. The number of nitrogens with zero attached hydrogens (tertiary/aromatic N) is 4. The van der Waals surface area contributed by atoms with E-state index >= 15 is 0 Å². The standard InChI is InChI=1S/C16H15ClN4O2S/c17-15-18-8-11(24-15)9-20-7-3-6-12-13(20)19-16(23)21(14(12)22)10-4-1-2-5-10/h3,6-8,10H,1-2,4-5,9H2. The molecule has 0 bridgehead atoms. The topological polar surface area (TPSA) is 69.8 Å². The van der Waals surface area contributed by atoms with Crippen LogP contribution in [-0.2, 0) is 6.54 Å². The molecule has 0 amide bonds. The molecule has 0 spiro atoms. The highest BCUT2D eigenvalue weighted by Gasteiger charge is 2.24. The molecule has 6 nitrogen and oxygen atoms in total. The van der Waals surface area contributed by atoms with E-state index in [2.05, 4.69) is 9.97 Å². The van der Waals surface area contributed by atoms with Gasteiger partial charge in [-0.05, 0) is 25.0 Å². The predicted molar refractivity (Wildman–Crippen MR) is 93.1 cm³/mol. The van der Waals surface area contributed by atoms with E-state index in [1.54, 1.807) is 22.9 Å². The lowest BCUT2D eigenvalue weighted by molar-refractivity contribution is 0.477. The van der Waals surface area contributed by atoms with Crippen molar-refractivity contribution in [1.29, 1.82) is 0 Å². The zero-order valence-electron chi connectivity index (χ0n) is 12.8. The predicted octanol–water partition coefficient (Wildman–Crippen LogP) is 2.78. The van der Waals surface area contributed by atoms with Crippen molar-refractivity contribution in [2.45, 2.75) is 38.3 Å². The smallest absolute Gasteiger partial charge is 0.327 e. The van der Waals surface area contributed by atoms with Gasteiger partial charge >= 0.3 is 5.69 Å². The molecular formula is C16H15ClN4O2S. The van der Waals surface area contributed by atoms with Gasteiger partial charge in [-0.1, -0.05) is 24.4 Å². The molecule has 0 saturated heterocycles. The van der Waals surface area contributed by atoms with Gasteiger partial charge in [0.15, 0.2) is 10.3 Å². The maximum Gasteiger partial charge on any atom is 0.352 e. The normalized spacial score (nSPS) is 15.4. The third-order valence-corrected chi connectivity index (χ3v) is 5.54. The summed E-state index contributed by atoms with van der Waals surface area (Å²) >= 11 is 7.24. The van der Waals surface area contributed by atoms with E-state index in [4.69, 9.17) is 11.6 Å². The molecule has 0 atom stereocenters. The van der Waals surface area contributed by atoms with Crippen LogP contribution >= 0.6 is 22.9 Å². The molecule has 1 saturated carbocycles. The summed E-state index contributed by atoms with van der Waals surface area (Å²) < 4.78 is 3.59. The van der Waals surface area contributed by atoms with E-state index in [0.717, 1.165) is 30.6 Å². The van der Waals surface area contributed by atoms with E-state index in [0.29, 0.717) is 22.4 Å². The number of halogens is 1. The van der Waals surface area contributed by atoms with Gasteiger partial charge in [-0.2, -0.15) is 4.98 Å². The zero-order valence-corrected chi connectivity index (χ0v) is 14.4. The number of fused-ring (bicyclic) bond motifs is 1. The second kappa shape index (κ2) is 6.14. The molecule has 4 rings (SSSR count). The van der Waals surface area contributed by atoms with Crippen LogP contribution in [0, 0.1) is 0 Å². The van der Waals surface area contributed by atoms with Gasteiger partial charge in [-0.3, -0.25) is 9.36 Å². The Hall–Kier alpha value is -1.99. The van der Waals surface area contributed by atoms with Crippen LogP contribution in [0.25, 0.3) is 11.4 Å². The lowest BCUT2D eigenvalue weighted by Gasteiger charge is -2.17. The van der Waals surface area contributed by atoms with Crippen molar-refractivity contribution in [1.82, 2.24) is 19.1 Å². The molecule has 1 aromatic heterocycles. The Labute approximate surface area is 146 Å². The average Bonchev–Trinajstić information content (AvgIpc) is 3.20. The Morgan fingerprint density at radius 3 is 2.79 bits per heavy atom. The minimum atomic E-state index is -0.457. The quantitative estimate of drug-likeness (QED) is 0.718. The monoisotopic (exact) mass is 362 g/mol. The second-order valence-corrected chi connectivity index (χ2v) is 7.66. The van der Waals surface area contributed by atoms with Gasteiger partial charge < -0.3 is 4.57 Å². The minimum absolute atomic E-state index is 0.0177. The number of hydrogen-bond acceptors (Lipinski definition) is 5. The first kappa shape index (κ1) is 15.5. The fraction of sp³-hybridized carbons (Fsp3) is 0.375. The van der Waals surface area contributed by atoms with Gasteiger partial charge in [0.1, 0.15) is 0 Å². The lowest BCUT2D eigenvalue weighted by atomic mass is 10.2. The van der Waals surface area contributed by atoms with Gasteiger partial charge in [0.05, 0.1) is 12.1 Å². The second-order valence-electron chi connectivity index (χ2n) is 5.96. The van der Waals surface area contributed by atoms with Gasteiger partial charge in [0.25, 0.3) is 5.56 Å². The summed E-state index contributed by atoms with van der Waals surface area (Å²) in [6.07, 6.45) is 7.34. The molecule has 1 aliphatic carbocycles. The average molecular weight is 363 g/mol. The third kappa shape index (κ3) is 2.67. The highest BCUT2D eigenvalue weighted by molar-refractivity contribution is 7.15. The Morgan fingerprint density at radius 2 is 2.08 bits per heavy atom. The van der Waals surface area contributed by atoms with Crippen LogP contribution in [0.5, 0.6) is 0 Å². The fourth-order valence-corrected chi connectivity index (χ4v) is 4.31. The summed E-state index contributed by atoms with van der Waals surface area (Å²) in [6.45, 7) is 0.473. The van der Waals surface area contributed by atoms with E-state index in [9.17, 15) is 9.59 Å². The molecule has 8 heteroatoms. The molecule has 3 aliphatic rings. The van der Waals surface area contributed by atoms with Crippen molar-refractivity contribution in [2.75, 3.05) is 0 Å². The number of pyridine rings is 1. The highest BCUT2D eigenvalue weighted by Crippen LogP contribution is 2.28. The van der Waals surface area contributed by atoms with Crippen LogP contribution in [0.15, 0.2) is 34.1 Å². The van der Waals surface area contributed by atoms with Crippen LogP contribution in [-0.4, -0.2) is 19.1 Å². The van der Waals surface area contributed by atoms with Gasteiger partial charge in [-0.15, -0.1) is 11.3 Å². The molecule has 2 aliphatic heterocycles. The molecule has 1 fully saturated rings. The Kier molecular flexibility index (Phi) is 3.97. The van der Waals surface area contributed by atoms with Crippen molar-refractivity contribution in [3.8, 4) is 11.4 Å². The van der Waals surface area contributed by atoms with Gasteiger partial charge in [-0.25, -0.2) is 9.78 Å². The minimum Gasteiger partial charge on any atom is -0.327 e. The fourth-order valence-electron chi connectivity index (χ4n) is 3.33. The van der Waals surface area contributed by atoms with Crippen LogP contribution in [0.2, 0.25) is 4.47 Å². The van der Waals surface area contributed by atoms with Gasteiger partial charge in [0, 0.05) is 23.3 Å². The summed E-state index contributed by atoms with van der Waals surface area (Å²) in [6, 6.07) is 3.51. The van der Waals surface area contributed by atoms with E-state index in [1.165, 1.54) is 15.9 Å². The van der Waals surface area contributed by atoms with Crippen LogP contribution in [0.1, 0.15) is 36.6 Å². The van der Waals surface area contributed by atoms with Crippen molar-refractivity contribution in [3.63, 3.8) is 0 Å². The molecular weight excluding hydrogens is 348 g/mol. The molecule has 0 aromatic carbocycles. The summed E-state index contributed by atoms with van der Waals surface area (Å²) in [7, 11) is 0. The van der Waals surface area contributed by atoms with Crippen molar-refractivity contribution in [3.05, 3.63) is 54.7 Å². The first-order chi connectivity index (χ1) is 11.6. The molecule has 3 heterocycles. The first-order valence-electron chi connectivity index (χ1n) is 7.85. The number of rotatable bonds is 3. The van der Waals surface area contributed by atoms with Crippen LogP contribution in [0.4, 0.5) is 0 Å². The molecule has 0 N–H and O–H groups in total.